The molecule has 0 bridgehead atoms. The number of hydrogen-bond donors (Lipinski definition) is 2. The van der Waals surface area contributed by atoms with E-state index in [4.69, 9.17) is 9.94 Å². The van der Waals surface area contributed by atoms with Gasteiger partial charge in [-0.05, 0) is 23.8 Å². The molecular formula is C15H15NO3. The van der Waals surface area contributed by atoms with Crippen molar-refractivity contribution >= 4 is 5.71 Å². The van der Waals surface area contributed by atoms with Gasteiger partial charge in [-0.15, -0.1) is 0 Å². The van der Waals surface area contributed by atoms with Crippen LogP contribution < -0.4 is 4.74 Å². The smallest absolute Gasteiger partial charge is 0.125 e. The third-order valence-electron chi connectivity index (χ3n) is 2.85. The second-order valence-corrected chi connectivity index (χ2v) is 4.09. The molecule has 0 saturated heterocycles. The molecule has 4 heteroatoms. The SMILES string of the molecule is COc1ccc(O)c(/C(Cc2ccccc2)=N/O)c1. The molecule has 0 aromatic heterocycles. The fraction of sp³-hybridized carbons (Fsp3) is 0.133. The van der Waals surface area contributed by atoms with E-state index in [0.29, 0.717) is 23.4 Å². The maximum absolute atomic E-state index is 9.86. The topological polar surface area (TPSA) is 62.0 Å². The van der Waals surface area contributed by atoms with Gasteiger partial charge in [0, 0.05) is 12.0 Å². The molecule has 19 heavy (non-hydrogen) atoms. The highest BCUT2D eigenvalue weighted by Gasteiger charge is 2.12. The van der Waals surface area contributed by atoms with Gasteiger partial charge in [-0.1, -0.05) is 35.5 Å². The monoisotopic (exact) mass is 257 g/mol. The van der Waals surface area contributed by atoms with Crippen molar-refractivity contribution in [3.05, 3.63) is 59.7 Å². The lowest BCUT2D eigenvalue weighted by Gasteiger charge is -2.09. The van der Waals surface area contributed by atoms with E-state index in [2.05, 4.69) is 5.16 Å². The van der Waals surface area contributed by atoms with Gasteiger partial charge in [0.25, 0.3) is 0 Å². The molecule has 0 radical (unpaired) electrons. The van der Waals surface area contributed by atoms with Crippen LogP contribution in [0.5, 0.6) is 11.5 Å². The third-order valence-corrected chi connectivity index (χ3v) is 2.85. The van der Waals surface area contributed by atoms with Gasteiger partial charge in [0.1, 0.15) is 11.5 Å². The highest BCUT2D eigenvalue weighted by Crippen LogP contribution is 2.24. The van der Waals surface area contributed by atoms with Crippen molar-refractivity contribution in [2.75, 3.05) is 7.11 Å². The number of aromatic hydroxyl groups is 1. The van der Waals surface area contributed by atoms with Gasteiger partial charge in [-0.2, -0.15) is 0 Å². The first-order valence-electron chi connectivity index (χ1n) is 5.87. The summed E-state index contributed by atoms with van der Waals surface area (Å²) in [7, 11) is 1.54. The quantitative estimate of drug-likeness (QED) is 0.503. The van der Waals surface area contributed by atoms with Crippen LogP contribution in [0.2, 0.25) is 0 Å². The van der Waals surface area contributed by atoms with E-state index in [-0.39, 0.29) is 5.75 Å². The summed E-state index contributed by atoms with van der Waals surface area (Å²) in [6, 6.07) is 14.4. The number of oxime groups is 1. The molecule has 0 unspecified atom stereocenters. The van der Waals surface area contributed by atoms with Gasteiger partial charge in [0.2, 0.25) is 0 Å². The second kappa shape index (κ2) is 5.91. The highest BCUT2D eigenvalue weighted by atomic mass is 16.5. The molecule has 0 atom stereocenters. The molecule has 0 saturated carbocycles. The summed E-state index contributed by atoms with van der Waals surface area (Å²) in [5, 5.41) is 22.3. The zero-order valence-electron chi connectivity index (χ0n) is 10.6. The maximum Gasteiger partial charge on any atom is 0.125 e. The van der Waals surface area contributed by atoms with Crippen LogP contribution in [0.3, 0.4) is 0 Å². The Kier molecular flexibility index (Phi) is 4.03. The van der Waals surface area contributed by atoms with Gasteiger partial charge < -0.3 is 15.1 Å². The predicted octanol–water partition coefficient (Wildman–Crippen LogP) is 2.82. The molecule has 2 rings (SSSR count). The van der Waals surface area contributed by atoms with Crippen molar-refractivity contribution in [2.24, 2.45) is 5.16 Å². The standard InChI is InChI=1S/C15H15NO3/c1-19-12-7-8-15(17)13(10-12)14(16-18)9-11-5-3-2-4-6-11/h2-8,10,17-18H,9H2,1H3/b16-14+. The summed E-state index contributed by atoms with van der Waals surface area (Å²) in [6.07, 6.45) is 0.429. The Balaban J connectivity index is 2.33. The number of hydrogen-bond acceptors (Lipinski definition) is 4. The van der Waals surface area contributed by atoms with Crippen molar-refractivity contribution in [3.63, 3.8) is 0 Å². The van der Waals surface area contributed by atoms with Crippen molar-refractivity contribution < 1.29 is 15.1 Å². The minimum absolute atomic E-state index is 0.0598. The molecule has 0 aliphatic heterocycles. The van der Waals surface area contributed by atoms with Crippen LogP contribution in [0.4, 0.5) is 0 Å². The van der Waals surface area contributed by atoms with E-state index < -0.39 is 0 Å². The molecule has 0 aliphatic rings. The number of phenolic OH excluding ortho intramolecular Hbond substituents is 1. The Hall–Kier alpha value is -2.49. The molecule has 0 heterocycles. The molecule has 0 amide bonds. The van der Waals surface area contributed by atoms with Crippen LogP contribution in [-0.4, -0.2) is 23.1 Å². The molecule has 2 aromatic carbocycles. The molecule has 2 N–H and O–H groups in total. The van der Waals surface area contributed by atoms with E-state index in [1.807, 2.05) is 30.3 Å². The van der Waals surface area contributed by atoms with Crippen LogP contribution in [0.25, 0.3) is 0 Å². The summed E-state index contributed by atoms with van der Waals surface area (Å²) in [5.74, 6) is 0.659. The lowest BCUT2D eigenvalue weighted by Crippen LogP contribution is -2.06. The van der Waals surface area contributed by atoms with E-state index in [1.165, 1.54) is 6.07 Å². The predicted molar refractivity (Wildman–Crippen MR) is 73.1 cm³/mol. The first kappa shape index (κ1) is 13.0. The zero-order valence-corrected chi connectivity index (χ0v) is 10.6. The van der Waals surface area contributed by atoms with Crippen molar-refractivity contribution in [1.82, 2.24) is 0 Å². The van der Waals surface area contributed by atoms with E-state index in [9.17, 15) is 5.11 Å². The Morgan fingerprint density at radius 3 is 2.53 bits per heavy atom. The van der Waals surface area contributed by atoms with Gasteiger partial charge in [0.05, 0.1) is 12.8 Å². The number of benzene rings is 2. The highest BCUT2D eigenvalue weighted by molar-refractivity contribution is 6.03. The van der Waals surface area contributed by atoms with Crippen molar-refractivity contribution in [2.45, 2.75) is 6.42 Å². The van der Waals surface area contributed by atoms with Crippen LogP contribution in [-0.2, 0) is 6.42 Å². The average molecular weight is 257 g/mol. The molecule has 0 fully saturated rings. The fourth-order valence-corrected chi connectivity index (χ4v) is 1.85. The molecule has 0 spiro atoms. The Morgan fingerprint density at radius 2 is 1.89 bits per heavy atom. The number of ether oxygens (including phenoxy) is 1. The summed E-state index contributed by atoms with van der Waals surface area (Å²) >= 11 is 0. The first-order valence-corrected chi connectivity index (χ1v) is 5.87. The number of rotatable bonds is 4. The second-order valence-electron chi connectivity index (χ2n) is 4.09. The zero-order chi connectivity index (χ0) is 13.7. The Labute approximate surface area is 111 Å². The van der Waals surface area contributed by atoms with Gasteiger partial charge in [0.15, 0.2) is 0 Å². The molecule has 4 nitrogen and oxygen atoms in total. The summed E-state index contributed by atoms with van der Waals surface area (Å²) in [5.41, 5.74) is 1.85. The minimum Gasteiger partial charge on any atom is -0.507 e. The molecule has 2 aromatic rings. The summed E-state index contributed by atoms with van der Waals surface area (Å²) < 4.78 is 5.11. The van der Waals surface area contributed by atoms with Crippen LogP contribution in [0.15, 0.2) is 53.7 Å². The first-order chi connectivity index (χ1) is 9.24. The molecule has 0 aliphatic carbocycles. The van der Waals surface area contributed by atoms with Gasteiger partial charge in [-0.25, -0.2) is 0 Å². The fourth-order valence-electron chi connectivity index (χ4n) is 1.85. The lowest BCUT2D eigenvalue weighted by atomic mass is 10.0. The van der Waals surface area contributed by atoms with Gasteiger partial charge >= 0.3 is 0 Å². The van der Waals surface area contributed by atoms with E-state index in [0.717, 1.165) is 5.56 Å². The summed E-state index contributed by atoms with van der Waals surface area (Å²) in [6.45, 7) is 0. The number of phenols is 1. The average Bonchev–Trinajstić information content (AvgIpc) is 2.47. The van der Waals surface area contributed by atoms with Crippen molar-refractivity contribution in [3.8, 4) is 11.5 Å². The normalized spacial score (nSPS) is 11.3. The summed E-state index contributed by atoms with van der Waals surface area (Å²) in [4.78, 5) is 0. The number of methoxy groups -OCH3 is 1. The van der Waals surface area contributed by atoms with Crippen LogP contribution in [0, 0.1) is 0 Å². The van der Waals surface area contributed by atoms with Gasteiger partial charge in [-0.3, -0.25) is 0 Å². The molecular weight excluding hydrogens is 242 g/mol. The van der Waals surface area contributed by atoms with E-state index in [1.54, 1.807) is 19.2 Å². The van der Waals surface area contributed by atoms with Crippen molar-refractivity contribution in [1.29, 1.82) is 0 Å². The molecule has 98 valence electrons. The largest absolute Gasteiger partial charge is 0.507 e. The minimum atomic E-state index is 0.0598. The van der Waals surface area contributed by atoms with E-state index >= 15 is 0 Å². The Morgan fingerprint density at radius 1 is 1.16 bits per heavy atom. The van der Waals surface area contributed by atoms with Crippen LogP contribution >= 0.6 is 0 Å². The third kappa shape index (κ3) is 3.04. The lowest BCUT2D eigenvalue weighted by molar-refractivity contribution is 0.318. The number of nitrogens with zero attached hydrogens (tertiary/aromatic N) is 1. The Bertz CT molecular complexity index is 579. The van der Waals surface area contributed by atoms with Crippen LogP contribution in [0.1, 0.15) is 11.1 Å². The maximum atomic E-state index is 9.86.